The van der Waals surface area contributed by atoms with Crippen molar-refractivity contribution < 1.29 is 28.0 Å². The summed E-state index contributed by atoms with van der Waals surface area (Å²) in [7, 11) is -2.46. The number of rotatable bonds is 6. The summed E-state index contributed by atoms with van der Waals surface area (Å²) < 4.78 is 32.0. The molecule has 2 atom stereocenters. The molecule has 1 aromatic carbocycles. The van der Waals surface area contributed by atoms with Gasteiger partial charge in [-0.05, 0) is 51.5 Å². The Hall–Kier alpha value is -1.72. The fourth-order valence-corrected chi connectivity index (χ4v) is 4.26. The zero-order valence-electron chi connectivity index (χ0n) is 15.2. The molecule has 0 radical (unpaired) electrons. The first-order chi connectivity index (χ1) is 12.1. The average Bonchev–Trinajstić information content (AvgIpc) is 3.04. The summed E-state index contributed by atoms with van der Waals surface area (Å²) in [6.45, 7) is 5.57. The van der Waals surface area contributed by atoms with Crippen LogP contribution in [0.1, 0.15) is 27.2 Å². The number of nitrogens with one attached hydrogen (secondary N) is 2. The molecule has 1 amide bonds. The van der Waals surface area contributed by atoms with Crippen LogP contribution in [0, 0.1) is 0 Å². The number of hydrogen-bond acceptors (Lipinski definition) is 7. The topological polar surface area (TPSA) is 117 Å². The van der Waals surface area contributed by atoms with Crippen molar-refractivity contribution in [1.29, 1.82) is 0 Å². The molecular formula is C16H25N3O6S. The molecule has 1 heterocycles. The number of ether oxygens (including phenoxy) is 1. The van der Waals surface area contributed by atoms with Gasteiger partial charge in [0.1, 0.15) is 11.8 Å². The van der Waals surface area contributed by atoms with Crippen molar-refractivity contribution in [1.82, 2.24) is 15.3 Å². The molecule has 0 bridgehead atoms. The van der Waals surface area contributed by atoms with Crippen molar-refractivity contribution in [2.24, 2.45) is 0 Å². The van der Waals surface area contributed by atoms with Crippen LogP contribution in [0.4, 0.5) is 0 Å². The summed E-state index contributed by atoms with van der Waals surface area (Å²) in [4.78, 5) is 17.5. The number of carbonyl (C=O) groups excluding carboxylic acids is 1. The van der Waals surface area contributed by atoms with E-state index in [0.29, 0.717) is 5.75 Å². The molecule has 0 saturated carbocycles. The van der Waals surface area contributed by atoms with E-state index in [0.717, 1.165) is 4.31 Å². The predicted octanol–water partition coefficient (Wildman–Crippen LogP) is 0.652. The van der Waals surface area contributed by atoms with E-state index in [4.69, 9.17) is 14.8 Å². The van der Waals surface area contributed by atoms with Gasteiger partial charge >= 0.3 is 0 Å². The maximum atomic E-state index is 13.0. The third-order valence-corrected chi connectivity index (χ3v) is 5.76. The van der Waals surface area contributed by atoms with Gasteiger partial charge in [-0.15, -0.1) is 0 Å². The fraction of sp³-hybridized carbons (Fsp3) is 0.562. The van der Waals surface area contributed by atoms with Gasteiger partial charge in [0, 0.05) is 12.6 Å². The molecule has 9 nitrogen and oxygen atoms in total. The van der Waals surface area contributed by atoms with Crippen molar-refractivity contribution in [2.75, 3.05) is 13.7 Å². The molecule has 10 heteroatoms. The molecule has 1 fully saturated rings. The number of amides is 1. The molecule has 2 rings (SSSR count). The van der Waals surface area contributed by atoms with E-state index < -0.39 is 33.6 Å². The third kappa shape index (κ3) is 4.71. The van der Waals surface area contributed by atoms with E-state index in [2.05, 4.69) is 5.48 Å². The second-order valence-corrected chi connectivity index (χ2v) is 8.90. The van der Waals surface area contributed by atoms with Crippen LogP contribution in [0.15, 0.2) is 29.2 Å². The van der Waals surface area contributed by atoms with Gasteiger partial charge in [-0.1, -0.05) is 0 Å². The quantitative estimate of drug-likeness (QED) is 0.485. The summed E-state index contributed by atoms with van der Waals surface area (Å²) in [6.07, 6.45) is 0.165. The SMILES string of the molecule is COc1ccc(S(=O)(=O)N2C[C@@H](NOC(C)(C)C)C[C@@H]2C(=O)NO)cc1. The van der Waals surface area contributed by atoms with E-state index in [-0.39, 0.29) is 17.9 Å². The molecule has 0 spiro atoms. The third-order valence-electron chi connectivity index (χ3n) is 3.87. The highest BCUT2D eigenvalue weighted by Crippen LogP contribution is 2.28. The van der Waals surface area contributed by atoms with Crippen LogP contribution >= 0.6 is 0 Å². The average molecular weight is 387 g/mol. The normalized spacial score (nSPS) is 21.6. The summed E-state index contributed by atoms with van der Waals surface area (Å²) in [5, 5.41) is 8.97. The van der Waals surface area contributed by atoms with Crippen LogP contribution in [-0.2, 0) is 19.7 Å². The van der Waals surface area contributed by atoms with Crippen LogP contribution in [0.3, 0.4) is 0 Å². The van der Waals surface area contributed by atoms with Crippen molar-refractivity contribution in [3.63, 3.8) is 0 Å². The highest BCUT2D eigenvalue weighted by Gasteiger charge is 2.44. The van der Waals surface area contributed by atoms with E-state index in [9.17, 15) is 13.2 Å². The van der Waals surface area contributed by atoms with Crippen molar-refractivity contribution in [2.45, 2.75) is 49.8 Å². The first-order valence-corrected chi connectivity index (χ1v) is 9.56. The lowest BCUT2D eigenvalue weighted by atomic mass is 10.2. The summed E-state index contributed by atoms with van der Waals surface area (Å²) in [5.74, 6) is -0.268. The fourth-order valence-electron chi connectivity index (χ4n) is 2.61. The highest BCUT2D eigenvalue weighted by molar-refractivity contribution is 7.89. The minimum atomic E-state index is -3.94. The molecule has 1 saturated heterocycles. The van der Waals surface area contributed by atoms with Crippen LogP contribution in [0.25, 0.3) is 0 Å². The van der Waals surface area contributed by atoms with Crippen molar-refractivity contribution in [3.8, 4) is 5.75 Å². The Morgan fingerprint density at radius 1 is 1.27 bits per heavy atom. The van der Waals surface area contributed by atoms with Crippen molar-refractivity contribution >= 4 is 15.9 Å². The van der Waals surface area contributed by atoms with Crippen molar-refractivity contribution in [3.05, 3.63) is 24.3 Å². The smallest absolute Gasteiger partial charge is 0.261 e. The van der Waals surface area contributed by atoms with Gasteiger partial charge in [-0.25, -0.2) is 13.9 Å². The molecule has 146 valence electrons. The molecule has 26 heavy (non-hydrogen) atoms. The Kier molecular flexibility index (Phi) is 6.25. The Labute approximate surface area is 153 Å². The summed E-state index contributed by atoms with van der Waals surface area (Å²) >= 11 is 0. The lowest BCUT2D eigenvalue weighted by Crippen LogP contribution is -2.45. The van der Waals surface area contributed by atoms with Crippen LogP contribution < -0.4 is 15.7 Å². The van der Waals surface area contributed by atoms with Gasteiger partial charge in [0.2, 0.25) is 10.0 Å². The first-order valence-electron chi connectivity index (χ1n) is 8.12. The second kappa shape index (κ2) is 7.89. The van der Waals surface area contributed by atoms with E-state index >= 15 is 0 Å². The first kappa shape index (κ1) is 20.6. The number of methoxy groups -OCH3 is 1. The second-order valence-electron chi connectivity index (χ2n) is 7.01. The molecule has 0 aromatic heterocycles. The van der Waals surface area contributed by atoms with Gasteiger partial charge in [0.05, 0.1) is 17.6 Å². The van der Waals surface area contributed by atoms with Crippen LogP contribution in [0.5, 0.6) is 5.75 Å². The highest BCUT2D eigenvalue weighted by atomic mass is 32.2. The Bertz CT molecular complexity index is 729. The number of carbonyl (C=O) groups is 1. The Morgan fingerprint density at radius 2 is 1.88 bits per heavy atom. The zero-order chi connectivity index (χ0) is 19.5. The van der Waals surface area contributed by atoms with Gasteiger partial charge in [-0.3, -0.25) is 14.8 Å². The minimum Gasteiger partial charge on any atom is -0.497 e. The zero-order valence-corrected chi connectivity index (χ0v) is 16.0. The number of nitrogens with zero attached hydrogens (tertiary/aromatic N) is 1. The van der Waals surface area contributed by atoms with Gasteiger partial charge in [0.15, 0.2) is 0 Å². The van der Waals surface area contributed by atoms with Gasteiger partial charge in [-0.2, -0.15) is 9.79 Å². The minimum absolute atomic E-state index is 0.0303. The lowest BCUT2D eigenvalue weighted by molar-refractivity contribution is -0.132. The molecule has 1 aromatic rings. The van der Waals surface area contributed by atoms with Crippen LogP contribution in [-0.4, -0.2) is 55.2 Å². The molecule has 0 unspecified atom stereocenters. The molecular weight excluding hydrogens is 362 g/mol. The summed E-state index contributed by atoms with van der Waals surface area (Å²) in [5.41, 5.74) is 3.88. The monoisotopic (exact) mass is 387 g/mol. The summed E-state index contributed by atoms with van der Waals surface area (Å²) in [6, 6.07) is 4.44. The maximum Gasteiger partial charge on any atom is 0.261 e. The van der Waals surface area contributed by atoms with Gasteiger partial charge < -0.3 is 4.74 Å². The number of hydroxylamine groups is 2. The van der Waals surface area contributed by atoms with Gasteiger partial charge in [0.25, 0.3) is 5.91 Å². The van der Waals surface area contributed by atoms with E-state index in [1.54, 1.807) is 0 Å². The predicted molar refractivity (Wildman–Crippen MR) is 93.0 cm³/mol. The number of benzene rings is 1. The number of sulfonamides is 1. The maximum absolute atomic E-state index is 13.0. The van der Waals surface area contributed by atoms with Crippen LogP contribution in [0.2, 0.25) is 0 Å². The largest absolute Gasteiger partial charge is 0.497 e. The molecule has 0 aliphatic carbocycles. The molecule has 1 aliphatic rings. The Morgan fingerprint density at radius 3 is 2.38 bits per heavy atom. The number of hydrogen-bond donors (Lipinski definition) is 3. The molecule has 3 N–H and O–H groups in total. The lowest BCUT2D eigenvalue weighted by Gasteiger charge is -2.23. The van der Waals surface area contributed by atoms with E-state index in [1.165, 1.54) is 36.9 Å². The van der Waals surface area contributed by atoms with E-state index in [1.807, 2.05) is 20.8 Å². The standard InChI is InChI=1S/C16H25N3O6S/c1-16(2,3)25-18-11-9-14(15(20)17-21)19(10-11)26(22,23)13-7-5-12(24-4)6-8-13/h5-8,11,14,18,21H,9-10H2,1-4H3,(H,17,20)/t11-,14+/m0/s1. The Balaban J connectivity index is 2.25. The molecule has 1 aliphatic heterocycles.